The van der Waals surface area contributed by atoms with Crippen molar-refractivity contribution in [2.45, 2.75) is 11.4 Å². The van der Waals surface area contributed by atoms with E-state index in [4.69, 9.17) is 0 Å². The molecule has 2 aromatic heterocycles. The van der Waals surface area contributed by atoms with Crippen LogP contribution in [0.4, 0.5) is 4.39 Å². The highest BCUT2D eigenvalue weighted by atomic mass is 32.2. The number of rotatable bonds is 6. The first-order valence-electron chi connectivity index (χ1n) is 8.83. The minimum absolute atomic E-state index is 0.146. The molecule has 29 heavy (non-hydrogen) atoms. The topological polar surface area (TPSA) is 59.1 Å². The van der Waals surface area contributed by atoms with E-state index in [9.17, 15) is 12.8 Å². The van der Waals surface area contributed by atoms with Crippen LogP contribution >= 0.6 is 11.3 Å². The van der Waals surface area contributed by atoms with Crippen LogP contribution in [0.5, 0.6) is 0 Å². The summed E-state index contributed by atoms with van der Waals surface area (Å²) in [6.07, 6.45) is 3.41. The van der Waals surface area contributed by atoms with Crippen LogP contribution in [0.25, 0.3) is 22.3 Å². The highest BCUT2D eigenvalue weighted by molar-refractivity contribution is 7.89. The van der Waals surface area contributed by atoms with Crippen molar-refractivity contribution in [2.75, 3.05) is 0 Å². The molecule has 4 aromatic rings. The number of hydrogen-bond acceptors (Lipinski definition) is 4. The Morgan fingerprint density at radius 3 is 2.21 bits per heavy atom. The summed E-state index contributed by atoms with van der Waals surface area (Å²) >= 11 is 1.60. The van der Waals surface area contributed by atoms with Gasteiger partial charge in [0.15, 0.2) is 0 Å². The summed E-state index contributed by atoms with van der Waals surface area (Å²) in [6.45, 7) is 0.146. The van der Waals surface area contributed by atoms with Gasteiger partial charge in [-0.3, -0.25) is 4.98 Å². The minimum atomic E-state index is -3.67. The maximum Gasteiger partial charge on any atom is 0.240 e. The number of nitrogens with one attached hydrogen (secondary N) is 1. The molecule has 0 bridgehead atoms. The zero-order chi connectivity index (χ0) is 20.3. The van der Waals surface area contributed by atoms with Gasteiger partial charge in [-0.15, -0.1) is 0 Å². The van der Waals surface area contributed by atoms with Gasteiger partial charge in [0.05, 0.1) is 4.90 Å². The highest BCUT2D eigenvalue weighted by Crippen LogP contribution is 2.23. The predicted molar refractivity (Wildman–Crippen MR) is 113 cm³/mol. The van der Waals surface area contributed by atoms with Crippen molar-refractivity contribution < 1.29 is 12.8 Å². The van der Waals surface area contributed by atoms with Gasteiger partial charge >= 0.3 is 0 Å². The molecule has 2 heterocycles. The van der Waals surface area contributed by atoms with Gasteiger partial charge in [0, 0.05) is 24.5 Å². The fourth-order valence-corrected chi connectivity index (χ4v) is 4.58. The van der Waals surface area contributed by atoms with Crippen molar-refractivity contribution in [3.8, 4) is 22.3 Å². The van der Waals surface area contributed by atoms with E-state index in [-0.39, 0.29) is 17.3 Å². The average Bonchev–Trinajstić information content (AvgIpc) is 3.28. The van der Waals surface area contributed by atoms with Crippen LogP contribution in [0.1, 0.15) is 5.56 Å². The Hall–Kier alpha value is -2.87. The summed E-state index contributed by atoms with van der Waals surface area (Å²) in [4.78, 5) is 4.38. The fourth-order valence-electron chi connectivity index (χ4n) is 2.90. The van der Waals surface area contributed by atoms with Crippen molar-refractivity contribution in [2.24, 2.45) is 0 Å². The molecule has 4 nitrogen and oxygen atoms in total. The molecule has 0 fully saturated rings. The monoisotopic (exact) mass is 424 g/mol. The summed E-state index contributed by atoms with van der Waals surface area (Å²) in [5.41, 5.74) is 4.42. The quantitative estimate of drug-likeness (QED) is 0.469. The van der Waals surface area contributed by atoms with Crippen molar-refractivity contribution in [1.82, 2.24) is 9.71 Å². The molecule has 0 aliphatic rings. The standard InChI is InChI=1S/C22H17FN2O2S2/c23-21-5-1-17(2-6-21)18-3-7-22(8-4-18)29(26,27)25-13-16-11-20(14-24-12-16)19-9-10-28-15-19/h1-12,14-15,25H,13H2. The number of aromatic nitrogens is 1. The largest absolute Gasteiger partial charge is 0.264 e. The average molecular weight is 425 g/mol. The number of nitrogens with zero attached hydrogens (tertiary/aromatic N) is 1. The number of halogens is 1. The molecular formula is C22H17FN2O2S2. The van der Waals surface area contributed by atoms with Gasteiger partial charge in [-0.2, -0.15) is 11.3 Å². The highest BCUT2D eigenvalue weighted by Gasteiger charge is 2.14. The van der Waals surface area contributed by atoms with Crippen LogP contribution in [0.15, 0.2) is 88.7 Å². The normalized spacial score (nSPS) is 11.5. The Labute approximate surface area is 172 Å². The van der Waals surface area contributed by atoms with Gasteiger partial charge in [0.1, 0.15) is 5.82 Å². The molecule has 0 saturated carbocycles. The third kappa shape index (κ3) is 4.59. The Kier molecular flexibility index (Phi) is 5.53. The van der Waals surface area contributed by atoms with Crippen molar-refractivity contribution in [1.29, 1.82) is 0 Å². The molecule has 1 N–H and O–H groups in total. The molecule has 0 saturated heterocycles. The van der Waals surface area contributed by atoms with E-state index < -0.39 is 10.0 Å². The Bertz CT molecular complexity index is 1200. The third-order valence-corrected chi connectivity index (χ3v) is 6.56. The second-order valence-electron chi connectivity index (χ2n) is 6.45. The van der Waals surface area contributed by atoms with Crippen molar-refractivity contribution >= 4 is 21.4 Å². The molecule has 0 amide bonds. The number of thiophene rings is 1. The maximum atomic E-state index is 13.1. The molecule has 7 heteroatoms. The number of pyridine rings is 1. The summed E-state index contributed by atoms with van der Waals surface area (Å²) in [5.74, 6) is -0.310. The first kappa shape index (κ1) is 19.4. The summed E-state index contributed by atoms with van der Waals surface area (Å²) in [6, 6.07) is 16.5. The lowest BCUT2D eigenvalue weighted by Gasteiger charge is -2.09. The van der Waals surface area contributed by atoms with Crippen LogP contribution in [-0.4, -0.2) is 13.4 Å². The number of sulfonamides is 1. The van der Waals surface area contributed by atoms with Crippen LogP contribution in [-0.2, 0) is 16.6 Å². The molecule has 2 aromatic carbocycles. The number of benzene rings is 2. The van der Waals surface area contributed by atoms with Gasteiger partial charge in [0.25, 0.3) is 0 Å². The zero-order valence-corrected chi connectivity index (χ0v) is 16.9. The van der Waals surface area contributed by atoms with Crippen molar-refractivity contribution in [3.05, 3.63) is 95.2 Å². The summed E-state index contributed by atoms with van der Waals surface area (Å²) in [7, 11) is -3.67. The molecule has 0 aliphatic carbocycles. The third-order valence-electron chi connectivity index (χ3n) is 4.46. The smallest absolute Gasteiger partial charge is 0.240 e. The van der Waals surface area contributed by atoms with E-state index in [1.807, 2.05) is 22.9 Å². The second-order valence-corrected chi connectivity index (χ2v) is 9.00. The van der Waals surface area contributed by atoms with Crippen LogP contribution in [0.2, 0.25) is 0 Å². The lowest BCUT2D eigenvalue weighted by Crippen LogP contribution is -2.23. The molecule has 0 aliphatic heterocycles. The second kappa shape index (κ2) is 8.24. The van der Waals surface area contributed by atoms with Crippen molar-refractivity contribution in [3.63, 3.8) is 0 Å². The molecule has 0 radical (unpaired) electrons. The van der Waals surface area contributed by atoms with E-state index in [1.54, 1.807) is 60.1 Å². The van der Waals surface area contributed by atoms with Gasteiger partial charge in [-0.1, -0.05) is 24.3 Å². The van der Waals surface area contributed by atoms with Crippen LogP contribution in [0, 0.1) is 5.82 Å². The van der Waals surface area contributed by atoms with E-state index >= 15 is 0 Å². The molecule has 0 spiro atoms. The van der Waals surface area contributed by atoms with Gasteiger partial charge < -0.3 is 0 Å². The Morgan fingerprint density at radius 1 is 0.862 bits per heavy atom. The van der Waals surface area contributed by atoms with Gasteiger partial charge in [0.2, 0.25) is 10.0 Å². The molecule has 4 rings (SSSR count). The molecule has 0 atom stereocenters. The summed E-state index contributed by atoms with van der Waals surface area (Å²) < 4.78 is 40.9. The van der Waals surface area contributed by atoms with E-state index in [0.717, 1.165) is 27.8 Å². The first-order valence-corrected chi connectivity index (χ1v) is 11.3. The molecule has 0 unspecified atom stereocenters. The van der Waals surface area contributed by atoms with Crippen LogP contribution in [0.3, 0.4) is 0 Å². The maximum absolute atomic E-state index is 13.1. The Balaban J connectivity index is 1.48. The van der Waals surface area contributed by atoms with E-state index in [1.165, 1.54) is 12.1 Å². The van der Waals surface area contributed by atoms with Crippen LogP contribution < -0.4 is 4.72 Å². The lowest BCUT2D eigenvalue weighted by molar-refractivity contribution is 0.581. The number of hydrogen-bond donors (Lipinski definition) is 1. The van der Waals surface area contributed by atoms with E-state index in [0.29, 0.717) is 0 Å². The molecular weight excluding hydrogens is 407 g/mol. The fraction of sp³-hybridized carbons (Fsp3) is 0.0455. The van der Waals surface area contributed by atoms with Gasteiger partial charge in [-0.05, 0) is 69.4 Å². The SMILES string of the molecule is O=S(=O)(NCc1cncc(-c2ccsc2)c1)c1ccc(-c2ccc(F)cc2)cc1. The zero-order valence-electron chi connectivity index (χ0n) is 15.2. The van der Waals surface area contributed by atoms with E-state index in [2.05, 4.69) is 9.71 Å². The first-order chi connectivity index (χ1) is 14.0. The predicted octanol–water partition coefficient (Wildman–Crippen LogP) is 5.09. The lowest BCUT2D eigenvalue weighted by atomic mass is 10.1. The molecule has 146 valence electrons. The summed E-state index contributed by atoms with van der Waals surface area (Å²) in [5, 5.41) is 4.01. The minimum Gasteiger partial charge on any atom is -0.264 e. The van der Waals surface area contributed by atoms with Gasteiger partial charge in [-0.25, -0.2) is 17.5 Å². The Morgan fingerprint density at radius 2 is 1.55 bits per heavy atom.